The van der Waals surface area contributed by atoms with Crippen LogP contribution in [0.15, 0.2) is 4.99 Å². The lowest BCUT2D eigenvalue weighted by atomic mass is 10.0. The van der Waals surface area contributed by atoms with Crippen LogP contribution in [0.25, 0.3) is 0 Å². The summed E-state index contributed by atoms with van der Waals surface area (Å²) in [5, 5.41) is 7.12. The highest BCUT2D eigenvalue weighted by Crippen LogP contribution is 2.15. The molecule has 2 fully saturated rings. The minimum atomic E-state index is 0. The van der Waals surface area contributed by atoms with Gasteiger partial charge in [-0.1, -0.05) is 13.8 Å². The second kappa shape index (κ2) is 14.0. The van der Waals surface area contributed by atoms with Crippen molar-refractivity contribution < 1.29 is 0 Å². The molecule has 0 aromatic heterocycles. The third-order valence-corrected chi connectivity index (χ3v) is 5.63. The van der Waals surface area contributed by atoms with Gasteiger partial charge in [0.05, 0.1) is 0 Å². The van der Waals surface area contributed by atoms with Gasteiger partial charge in [0.15, 0.2) is 5.96 Å². The second-order valence-corrected chi connectivity index (χ2v) is 8.01. The lowest BCUT2D eigenvalue weighted by Crippen LogP contribution is -2.48. The Morgan fingerprint density at radius 1 is 1.04 bits per heavy atom. The molecular formula is C20H42IN5. The van der Waals surface area contributed by atoms with Crippen molar-refractivity contribution in [1.29, 1.82) is 0 Å². The van der Waals surface area contributed by atoms with Crippen LogP contribution in [0, 0.1) is 5.92 Å². The predicted molar refractivity (Wildman–Crippen MR) is 124 cm³/mol. The van der Waals surface area contributed by atoms with E-state index in [-0.39, 0.29) is 24.0 Å². The lowest BCUT2D eigenvalue weighted by molar-refractivity contribution is 0.181. The van der Waals surface area contributed by atoms with Crippen molar-refractivity contribution in [1.82, 2.24) is 20.4 Å². The number of aliphatic imine (C=N–C) groups is 1. The molecule has 2 aliphatic heterocycles. The van der Waals surface area contributed by atoms with Gasteiger partial charge in [0.1, 0.15) is 0 Å². The number of hydrogen-bond acceptors (Lipinski definition) is 3. The summed E-state index contributed by atoms with van der Waals surface area (Å²) in [5.41, 5.74) is 0. The molecule has 0 radical (unpaired) electrons. The highest BCUT2D eigenvalue weighted by atomic mass is 127. The number of likely N-dealkylation sites (tertiary alicyclic amines) is 2. The van der Waals surface area contributed by atoms with Crippen molar-refractivity contribution in [2.75, 3.05) is 52.9 Å². The fraction of sp³-hybridized carbons (Fsp3) is 0.950. The Kier molecular flexibility index (Phi) is 12.9. The monoisotopic (exact) mass is 479 g/mol. The van der Waals surface area contributed by atoms with E-state index in [1.54, 1.807) is 0 Å². The van der Waals surface area contributed by atoms with Gasteiger partial charge in [-0.25, -0.2) is 0 Å². The Morgan fingerprint density at radius 3 is 2.46 bits per heavy atom. The number of rotatable bonds is 8. The number of unbranched alkanes of at least 4 members (excludes halogenated alkanes) is 1. The van der Waals surface area contributed by atoms with Gasteiger partial charge in [-0.05, 0) is 70.5 Å². The van der Waals surface area contributed by atoms with Crippen LogP contribution in [0.2, 0.25) is 0 Å². The average molecular weight is 479 g/mol. The number of guanidine groups is 1. The summed E-state index contributed by atoms with van der Waals surface area (Å²) in [6.45, 7) is 13.2. The normalized spacial score (nSPS) is 23.5. The van der Waals surface area contributed by atoms with E-state index in [1.165, 1.54) is 84.2 Å². The van der Waals surface area contributed by atoms with Crippen LogP contribution >= 0.6 is 24.0 Å². The van der Waals surface area contributed by atoms with Crippen molar-refractivity contribution in [3.63, 3.8) is 0 Å². The zero-order valence-electron chi connectivity index (χ0n) is 17.3. The standard InChI is InChI=1S/C20H41N5.HI/c1-4-12-24-15-9-19(10-16-24)23-20(21-3)22-11-5-6-13-25-14-7-8-18(2)17-25;/h18-19H,4-17H2,1-3H3,(H2,21,22,23);1H. The Labute approximate surface area is 178 Å². The van der Waals surface area contributed by atoms with E-state index in [0.717, 1.165) is 18.4 Å². The summed E-state index contributed by atoms with van der Waals surface area (Å²) in [6, 6.07) is 0.578. The molecule has 2 aliphatic rings. The summed E-state index contributed by atoms with van der Waals surface area (Å²) in [6.07, 6.45) is 9.02. The first-order valence-corrected chi connectivity index (χ1v) is 10.6. The number of hydrogen-bond donors (Lipinski definition) is 2. The van der Waals surface area contributed by atoms with Crippen LogP contribution < -0.4 is 10.6 Å². The molecule has 6 heteroatoms. The molecule has 0 spiro atoms. The molecule has 0 amide bonds. The highest BCUT2D eigenvalue weighted by molar-refractivity contribution is 14.0. The van der Waals surface area contributed by atoms with Gasteiger partial charge >= 0.3 is 0 Å². The van der Waals surface area contributed by atoms with Crippen molar-refractivity contribution in [2.45, 2.75) is 64.8 Å². The molecular weight excluding hydrogens is 437 g/mol. The van der Waals surface area contributed by atoms with Crippen LogP contribution in [0.5, 0.6) is 0 Å². The average Bonchev–Trinajstić information content (AvgIpc) is 2.62. The van der Waals surface area contributed by atoms with Gasteiger partial charge in [0, 0.05) is 39.3 Å². The number of nitrogens with zero attached hydrogens (tertiary/aromatic N) is 3. The van der Waals surface area contributed by atoms with Crippen LogP contribution in [0.4, 0.5) is 0 Å². The van der Waals surface area contributed by atoms with Crippen LogP contribution in [-0.2, 0) is 0 Å². The smallest absolute Gasteiger partial charge is 0.191 e. The number of halogens is 1. The number of piperidine rings is 2. The molecule has 1 atom stereocenters. The van der Waals surface area contributed by atoms with E-state index in [9.17, 15) is 0 Å². The zero-order valence-corrected chi connectivity index (χ0v) is 19.6. The minimum absolute atomic E-state index is 0. The highest BCUT2D eigenvalue weighted by Gasteiger charge is 2.19. The topological polar surface area (TPSA) is 42.9 Å². The van der Waals surface area contributed by atoms with Gasteiger partial charge in [0.25, 0.3) is 0 Å². The Morgan fingerprint density at radius 2 is 1.81 bits per heavy atom. The quantitative estimate of drug-likeness (QED) is 0.243. The Hall–Kier alpha value is -0.0800. The first kappa shape index (κ1) is 24.0. The molecule has 2 heterocycles. The van der Waals surface area contributed by atoms with Gasteiger partial charge < -0.3 is 20.4 Å². The van der Waals surface area contributed by atoms with E-state index >= 15 is 0 Å². The zero-order chi connectivity index (χ0) is 17.9. The third-order valence-electron chi connectivity index (χ3n) is 5.63. The molecule has 2 saturated heterocycles. The van der Waals surface area contributed by atoms with Crippen molar-refractivity contribution in [3.05, 3.63) is 0 Å². The van der Waals surface area contributed by atoms with Gasteiger partial charge in [-0.2, -0.15) is 0 Å². The number of nitrogens with one attached hydrogen (secondary N) is 2. The van der Waals surface area contributed by atoms with Crippen molar-refractivity contribution >= 4 is 29.9 Å². The summed E-state index contributed by atoms with van der Waals surface area (Å²) < 4.78 is 0. The molecule has 0 aromatic carbocycles. The first-order valence-electron chi connectivity index (χ1n) is 10.6. The predicted octanol–water partition coefficient (Wildman–Crippen LogP) is 3.16. The first-order chi connectivity index (χ1) is 12.2. The van der Waals surface area contributed by atoms with Crippen LogP contribution in [0.1, 0.15) is 58.8 Å². The molecule has 154 valence electrons. The van der Waals surface area contributed by atoms with E-state index in [1.807, 2.05) is 7.05 Å². The maximum Gasteiger partial charge on any atom is 0.191 e. The van der Waals surface area contributed by atoms with Crippen LogP contribution in [-0.4, -0.2) is 74.7 Å². The molecule has 5 nitrogen and oxygen atoms in total. The summed E-state index contributed by atoms with van der Waals surface area (Å²) >= 11 is 0. The molecule has 26 heavy (non-hydrogen) atoms. The molecule has 0 saturated carbocycles. The minimum Gasteiger partial charge on any atom is -0.356 e. The molecule has 1 unspecified atom stereocenters. The largest absolute Gasteiger partial charge is 0.356 e. The summed E-state index contributed by atoms with van der Waals surface area (Å²) in [4.78, 5) is 9.63. The van der Waals surface area contributed by atoms with Crippen LogP contribution in [0.3, 0.4) is 0 Å². The third kappa shape index (κ3) is 9.22. The fourth-order valence-electron chi connectivity index (χ4n) is 4.16. The fourth-order valence-corrected chi connectivity index (χ4v) is 4.16. The SMILES string of the molecule is CCCN1CCC(NC(=NC)NCCCCN2CCCC(C)C2)CC1.I. The van der Waals surface area contributed by atoms with Gasteiger partial charge in [-0.15, -0.1) is 24.0 Å². The Bertz CT molecular complexity index is 382. The Balaban J connectivity index is 0.00000338. The molecule has 0 aliphatic carbocycles. The van der Waals surface area contributed by atoms with Crippen molar-refractivity contribution in [3.8, 4) is 0 Å². The maximum atomic E-state index is 4.41. The second-order valence-electron chi connectivity index (χ2n) is 8.01. The van der Waals surface area contributed by atoms with E-state index in [4.69, 9.17) is 0 Å². The van der Waals surface area contributed by atoms with E-state index in [2.05, 4.69) is 39.3 Å². The molecule has 0 bridgehead atoms. The van der Waals surface area contributed by atoms with Gasteiger partial charge in [0.2, 0.25) is 0 Å². The lowest BCUT2D eigenvalue weighted by Gasteiger charge is -2.33. The van der Waals surface area contributed by atoms with Gasteiger partial charge in [-0.3, -0.25) is 4.99 Å². The summed E-state index contributed by atoms with van der Waals surface area (Å²) in [7, 11) is 1.89. The molecule has 0 aromatic rings. The molecule has 2 rings (SSSR count). The van der Waals surface area contributed by atoms with E-state index < -0.39 is 0 Å². The maximum absolute atomic E-state index is 4.41. The summed E-state index contributed by atoms with van der Waals surface area (Å²) in [5.74, 6) is 1.87. The molecule has 2 N–H and O–H groups in total. The van der Waals surface area contributed by atoms with Crippen molar-refractivity contribution in [2.24, 2.45) is 10.9 Å². The van der Waals surface area contributed by atoms with E-state index in [0.29, 0.717) is 6.04 Å².